The fourth-order valence-corrected chi connectivity index (χ4v) is 4.44. The highest BCUT2D eigenvalue weighted by molar-refractivity contribution is 7.94. The fraction of sp³-hybridized carbons (Fsp3) is 0. The molecule has 0 aliphatic heterocycles. The Morgan fingerprint density at radius 2 is 1.93 bits per heavy atom. The van der Waals surface area contributed by atoms with Gasteiger partial charge in [-0.15, -0.1) is 11.3 Å². The largest absolute Gasteiger partial charge is 0.478 e. The summed E-state index contributed by atoms with van der Waals surface area (Å²) in [6.07, 6.45) is 1.18. The number of fused-ring (bicyclic) bond motifs is 1. The van der Waals surface area contributed by atoms with Crippen LogP contribution < -0.4 is 4.72 Å². The minimum absolute atomic E-state index is 0.00977. The van der Waals surface area contributed by atoms with Crippen LogP contribution in [0.4, 0.5) is 10.4 Å². The number of rotatable bonds is 5. The zero-order valence-electron chi connectivity index (χ0n) is 13.8. The predicted molar refractivity (Wildman–Crippen MR) is 99.3 cm³/mol. The van der Waals surface area contributed by atoms with Crippen molar-refractivity contribution in [3.05, 3.63) is 60.0 Å². The first-order chi connectivity index (χ1) is 13.3. The first-order valence-corrected chi connectivity index (χ1v) is 10.0. The number of nitrogens with zero attached hydrogens (tertiary/aromatic N) is 2. The van der Waals surface area contributed by atoms with Crippen LogP contribution in [0.15, 0.2) is 57.3 Å². The maximum absolute atomic E-state index is 13.0. The van der Waals surface area contributed by atoms with Gasteiger partial charge in [-0.1, -0.05) is 0 Å². The summed E-state index contributed by atoms with van der Waals surface area (Å²) in [4.78, 5) is 19.1. The van der Waals surface area contributed by atoms with E-state index in [0.717, 1.165) is 11.3 Å². The third-order valence-electron chi connectivity index (χ3n) is 3.70. The number of carbonyl (C=O) groups is 1. The Labute approximate surface area is 161 Å². The molecule has 2 heterocycles. The van der Waals surface area contributed by atoms with Crippen LogP contribution in [0.5, 0.6) is 0 Å². The monoisotopic (exact) mass is 419 g/mol. The Bertz CT molecular complexity index is 1300. The fourth-order valence-electron chi connectivity index (χ4n) is 2.38. The molecule has 0 spiro atoms. The molecule has 11 heteroatoms. The molecule has 0 saturated heterocycles. The lowest BCUT2D eigenvalue weighted by atomic mass is 10.2. The van der Waals surface area contributed by atoms with Crippen LogP contribution >= 0.6 is 11.3 Å². The molecule has 0 aliphatic rings. The number of sulfonamides is 1. The number of benzene rings is 2. The van der Waals surface area contributed by atoms with E-state index in [1.807, 2.05) is 0 Å². The number of carboxylic acid groups (broad SMARTS) is 1. The van der Waals surface area contributed by atoms with Gasteiger partial charge in [-0.3, -0.25) is 0 Å². The molecule has 2 aromatic heterocycles. The van der Waals surface area contributed by atoms with Gasteiger partial charge in [-0.05, 0) is 42.5 Å². The van der Waals surface area contributed by atoms with E-state index in [-0.39, 0.29) is 21.4 Å². The lowest BCUT2D eigenvalue weighted by Crippen LogP contribution is -2.11. The second-order valence-electron chi connectivity index (χ2n) is 5.60. The minimum Gasteiger partial charge on any atom is -0.478 e. The lowest BCUT2D eigenvalue weighted by Gasteiger charge is -2.00. The van der Waals surface area contributed by atoms with Gasteiger partial charge in [0, 0.05) is 5.56 Å². The third-order valence-corrected chi connectivity index (χ3v) is 6.53. The number of anilines is 1. The van der Waals surface area contributed by atoms with E-state index in [2.05, 4.69) is 14.7 Å². The molecule has 4 rings (SSSR count). The molecule has 0 amide bonds. The van der Waals surface area contributed by atoms with Crippen molar-refractivity contribution in [3.8, 4) is 10.6 Å². The number of oxazole rings is 1. The summed E-state index contributed by atoms with van der Waals surface area (Å²) in [6, 6.07) is 9.22. The van der Waals surface area contributed by atoms with Crippen molar-refractivity contribution < 1.29 is 27.1 Å². The van der Waals surface area contributed by atoms with E-state index in [0.29, 0.717) is 16.1 Å². The Morgan fingerprint density at radius 1 is 1.18 bits per heavy atom. The molecule has 2 aromatic carbocycles. The molecule has 0 radical (unpaired) electrons. The number of halogens is 1. The number of aromatic carboxylic acids is 1. The highest BCUT2D eigenvalue weighted by Gasteiger charge is 2.21. The van der Waals surface area contributed by atoms with Crippen LogP contribution in [-0.4, -0.2) is 29.5 Å². The lowest BCUT2D eigenvalue weighted by molar-refractivity contribution is 0.0697. The number of carboxylic acids is 1. The molecule has 142 valence electrons. The van der Waals surface area contributed by atoms with Gasteiger partial charge < -0.3 is 9.52 Å². The SMILES string of the molecule is O=C(O)c1ccc2nc(NS(=O)(=O)c3cnc(-c4ccc(F)cc4)s3)oc2c1. The third kappa shape index (κ3) is 3.44. The van der Waals surface area contributed by atoms with Crippen LogP contribution in [0.2, 0.25) is 0 Å². The maximum Gasteiger partial charge on any atom is 0.335 e. The Hall–Kier alpha value is -3.31. The van der Waals surface area contributed by atoms with E-state index in [1.54, 1.807) is 0 Å². The summed E-state index contributed by atoms with van der Waals surface area (Å²) in [6.45, 7) is 0. The van der Waals surface area contributed by atoms with E-state index in [4.69, 9.17) is 9.52 Å². The predicted octanol–water partition coefficient (Wildman–Crippen LogP) is 3.59. The van der Waals surface area contributed by atoms with Crippen LogP contribution in [-0.2, 0) is 10.0 Å². The molecule has 0 atom stereocenters. The van der Waals surface area contributed by atoms with E-state index < -0.39 is 21.8 Å². The van der Waals surface area contributed by atoms with Crippen molar-refractivity contribution >= 4 is 44.4 Å². The van der Waals surface area contributed by atoms with Gasteiger partial charge in [-0.2, -0.15) is 4.98 Å². The average Bonchev–Trinajstić information content (AvgIpc) is 3.28. The first kappa shape index (κ1) is 18.1. The summed E-state index contributed by atoms with van der Waals surface area (Å²) >= 11 is 0.900. The maximum atomic E-state index is 13.0. The van der Waals surface area contributed by atoms with Crippen molar-refractivity contribution in [2.45, 2.75) is 4.21 Å². The van der Waals surface area contributed by atoms with Gasteiger partial charge in [-0.25, -0.2) is 27.3 Å². The van der Waals surface area contributed by atoms with E-state index in [9.17, 15) is 17.6 Å². The molecule has 0 unspecified atom stereocenters. The standard InChI is InChI=1S/C17H10FN3O5S2/c18-11-4-1-9(2-5-11)15-19-8-14(27-15)28(24,25)21-17-20-12-6-3-10(16(22)23)7-13(12)26-17/h1-8H,(H,20,21)(H,22,23). The van der Waals surface area contributed by atoms with Gasteiger partial charge in [0.1, 0.15) is 16.3 Å². The van der Waals surface area contributed by atoms with Crippen LogP contribution in [0.1, 0.15) is 10.4 Å². The molecule has 28 heavy (non-hydrogen) atoms. The number of aromatic nitrogens is 2. The smallest absolute Gasteiger partial charge is 0.335 e. The normalized spacial score (nSPS) is 11.6. The molecule has 4 aromatic rings. The molecule has 0 fully saturated rings. The van der Waals surface area contributed by atoms with E-state index >= 15 is 0 Å². The van der Waals surface area contributed by atoms with Gasteiger partial charge in [0.25, 0.3) is 10.0 Å². The Morgan fingerprint density at radius 3 is 2.64 bits per heavy atom. The van der Waals surface area contributed by atoms with Crippen molar-refractivity contribution in [3.63, 3.8) is 0 Å². The van der Waals surface area contributed by atoms with Gasteiger partial charge in [0.05, 0.1) is 11.8 Å². The second-order valence-corrected chi connectivity index (χ2v) is 8.54. The molecular weight excluding hydrogens is 409 g/mol. The second kappa shape index (κ2) is 6.69. The summed E-state index contributed by atoms with van der Waals surface area (Å²) in [5.74, 6) is -1.55. The molecule has 8 nitrogen and oxygen atoms in total. The zero-order valence-corrected chi connectivity index (χ0v) is 15.4. The molecule has 0 aliphatic carbocycles. The average molecular weight is 419 g/mol. The molecular formula is C17H10FN3O5S2. The number of hydrogen-bond acceptors (Lipinski definition) is 7. The summed E-state index contributed by atoms with van der Waals surface area (Å²) in [7, 11) is -4.02. The zero-order chi connectivity index (χ0) is 19.9. The molecule has 0 saturated carbocycles. The molecule has 0 bridgehead atoms. The van der Waals surface area contributed by atoms with Crippen molar-refractivity contribution in [1.29, 1.82) is 0 Å². The number of hydrogen-bond donors (Lipinski definition) is 2. The number of nitrogens with one attached hydrogen (secondary N) is 1. The van der Waals surface area contributed by atoms with Gasteiger partial charge in [0.15, 0.2) is 9.79 Å². The van der Waals surface area contributed by atoms with Crippen LogP contribution in [0.25, 0.3) is 21.7 Å². The van der Waals surface area contributed by atoms with E-state index in [1.165, 1.54) is 48.7 Å². The summed E-state index contributed by atoms with van der Waals surface area (Å²) in [5.41, 5.74) is 1.01. The Balaban J connectivity index is 1.61. The minimum atomic E-state index is -4.02. The number of thiazole rings is 1. The van der Waals surface area contributed by atoms with Crippen molar-refractivity contribution in [1.82, 2.24) is 9.97 Å². The highest BCUT2D eigenvalue weighted by Crippen LogP contribution is 2.30. The van der Waals surface area contributed by atoms with Crippen molar-refractivity contribution in [2.75, 3.05) is 4.72 Å². The molecule has 2 N–H and O–H groups in total. The van der Waals surface area contributed by atoms with Gasteiger partial charge in [0.2, 0.25) is 0 Å². The Kier molecular flexibility index (Phi) is 4.32. The summed E-state index contributed by atoms with van der Waals surface area (Å²) in [5, 5.41) is 9.40. The van der Waals surface area contributed by atoms with Crippen LogP contribution in [0, 0.1) is 5.82 Å². The van der Waals surface area contributed by atoms with Crippen LogP contribution in [0.3, 0.4) is 0 Å². The van der Waals surface area contributed by atoms with Crippen molar-refractivity contribution in [2.24, 2.45) is 0 Å². The highest BCUT2D eigenvalue weighted by atomic mass is 32.2. The van der Waals surface area contributed by atoms with Gasteiger partial charge >= 0.3 is 12.0 Å². The quantitative estimate of drug-likeness (QED) is 0.507. The first-order valence-electron chi connectivity index (χ1n) is 7.70. The topological polar surface area (TPSA) is 122 Å². The summed E-state index contributed by atoms with van der Waals surface area (Å²) < 4.78 is 45.6.